The van der Waals surface area contributed by atoms with Gasteiger partial charge in [-0.25, -0.2) is 18.7 Å². The molecule has 0 spiro atoms. The molecule has 0 saturated heterocycles. The number of fused-ring (bicyclic) bond motifs is 3. The van der Waals surface area contributed by atoms with Crippen molar-refractivity contribution in [1.29, 1.82) is 0 Å². The molecule has 58 heavy (non-hydrogen) atoms. The third kappa shape index (κ3) is 9.32. The van der Waals surface area contributed by atoms with Gasteiger partial charge in [0, 0.05) is 50.9 Å². The zero-order valence-corrected chi connectivity index (χ0v) is 34.9. The smallest absolute Gasteiger partial charge is 0.410 e. The lowest BCUT2D eigenvalue weighted by atomic mass is 10.1. The Bertz CT molecular complexity index is 2210. The van der Waals surface area contributed by atoms with E-state index in [1.54, 1.807) is 30.1 Å². The predicted molar refractivity (Wildman–Crippen MR) is 217 cm³/mol. The molecule has 0 radical (unpaired) electrons. The number of likely N-dealkylation sites (N-methyl/N-ethyl adjacent to an activating group) is 1. The van der Waals surface area contributed by atoms with Crippen molar-refractivity contribution < 1.29 is 42.8 Å². The van der Waals surface area contributed by atoms with Crippen LogP contribution in [0.25, 0.3) is 10.9 Å². The highest BCUT2D eigenvalue weighted by Gasteiger charge is 2.38. The lowest BCUT2D eigenvalue weighted by Gasteiger charge is -2.33. The Morgan fingerprint density at radius 3 is 2.28 bits per heavy atom. The average molecular weight is 807 g/mol. The number of aromatic nitrogens is 3. The number of amides is 2. The number of hydrogen-bond donors (Lipinski definition) is 1. The number of anilines is 1. The summed E-state index contributed by atoms with van der Waals surface area (Å²) in [6.07, 6.45) is 2.60. The maximum atomic E-state index is 14.3. The molecule has 0 fully saturated rings. The first-order valence-corrected chi connectivity index (χ1v) is 19.5. The van der Waals surface area contributed by atoms with E-state index in [0.29, 0.717) is 55.4 Å². The SMILES string of the molecule is CCN1C[C@H](C)n2c(c(OC)c3c(=O)n(Cc4ccc(F)cc4C(=O)O)nc(N(C)CCCCCCN(Cc4ccc(OC)cc4OC)C(=O)OC(C)(C)C)c32)C1=O. The fraction of sp³-hybridized carbons (Fsp3) is 0.500. The van der Waals surface area contributed by atoms with E-state index in [4.69, 9.17) is 24.0 Å². The summed E-state index contributed by atoms with van der Waals surface area (Å²) in [5, 5.41) is 14.8. The molecular weight excluding hydrogens is 751 g/mol. The molecule has 1 aliphatic heterocycles. The molecule has 15 nitrogen and oxygen atoms in total. The molecular formula is C42H55FN6O9. The Kier molecular flexibility index (Phi) is 13.6. The van der Waals surface area contributed by atoms with Crippen LogP contribution in [0.5, 0.6) is 17.2 Å². The minimum atomic E-state index is -1.34. The molecule has 314 valence electrons. The maximum absolute atomic E-state index is 14.3. The second kappa shape index (κ2) is 18.2. The van der Waals surface area contributed by atoms with Crippen LogP contribution in [0.4, 0.5) is 15.0 Å². The van der Waals surface area contributed by atoms with Crippen molar-refractivity contribution in [3.8, 4) is 17.2 Å². The summed E-state index contributed by atoms with van der Waals surface area (Å²) >= 11 is 0. The lowest BCUT2D eigenvalue weighted by molar-refractivity contribution is 0.0228. The first-order valence-electron chi connectivity index (χ1n) is 19.5. The van der Waals surface area contributed by atoms with E-state index in [2.05, 4.69) is 0 Å². The Morgan fingerprint density at radius 2 is 1.66 bits per heavy atom. The zero-order chi connectivity index (χ0) is 42.5. The number of rotatable bonds is 17. The van der Waals surface area contributed by atoms with Gasteiger partial charge in [-0.15, -0.1) is 5.10 Å². The normalized spacial score (nSPS) is 14.0. The number of carbonyl (C=O) groups is 3. The van der Waals surface area contributed by atoms with Crippen LogP contribution in [0.2, 0.25) is 0 Å². The van der Waals surface area contributed by atoms with Gasteiger partial charge in [-0.2, -0.15) is 0 Å². The van der Waals surface area contributed by atoms with Crippen LogP contribution >= 0.6 is 0 Å². The van der Waals surface area contributed by atoms with E-state index in [9.17, 15) is 28.7 Å². The van der Waals surface area contributed by atoms with E-state index in [1.807, 2.05) is 63.3 Å². The van der Waals surface area contributed by atoms with Crippen LogP contribution < -0.4 is 24.7 Å². The fourth-order valence-electron chi connectivity index (χ4n) is 7.34. The van der Waals surface area contributed by atoms with Gasteiger partial charge in [-0.05, 0) is 77.3 Å². The van der Waals surface area contributed by atoms with Crippen LogP contribution in [0, 0.1) is 5.82 Å². The maximum Gasteiger partial charge on any atom is 0.410 e. The summed E-state index contributed by atoms with van der Waals surface area (Å²) in [7, 11) is 6.41. The number of aromatic carboxylic acids is 1. The highest BCUT2D eigenvalue weighted by atomic mass is 19.1. The van der Waals surface area contributed by atoms with E-state index >= 15 is 0 Å². The fourth-order valence-corrected chi connectivity index (χ4v) is 7.34. The van der Waals surface area contributed by atoms with Gasteiger partial charge in [0.05, 0.1) is 40.0 Å². The van der Waals surface area contributed by atoms with Crippen LogP contribution in [0.3, 0.4) is 0 Å². The van der Waals surface area contributed by atoms with Crippen molar-refractivity contribution in [2.45, 2.75) is 85.0 Å². The molecule has 2 amide bonds. The van der Waals surface area contributed by atoms with Gasteiger partial charge >= 0.3 is 12.1 Å². The molecule has 1 N–H and O–H groups in total. The number of nitrogens with zero attached hydrogens (tertiary/aromatic N) is 6. The van der Waals surface area contributed by atoms with E-state index < -0.39 is 29.0 Å². The van der Waals surface area contributed by atoms with Gasteiger partial charge in [0.2, 0.25) is 0 Å². The summed E-state index contributed by atoms with van der Waals surface area (Å²) in [6.45, 7) is 11.2. The molecule has 2 aromatic heterocycles. The minimum absolute atomic E-state index is 0.125. The summed E-state index contributed by atoms with van der Waals surface area (Å²) in [5.74, 6) is -0.549. The molecule has 4 aromatic rings. The number of carbonyl (C=O) groups excluding carboxylic acids is 2. The predicted octanol–water partition coefficient (Wildman–Crippen LogP) is 6.58. The zero-order valence-electron chi connectivity index (χ0n) is 34.9. The topological polar surface area (TPSA) is 158 Å². The van der Waals surface area contributed by atoms with Crippen molar-refractivity contribution >= 4 is 34.7 Å². The number of halogens is 1. The Hall–Kier alpha value is -5.80. The minimum Gasteiger partial charge on any atom is -0.497 e. The second-order valence-corrected chi connectivity index (χ2v) is 15.5. The molecule has 0 aliphatic carbocycles. The second-order valence-electron chi connectivity index (χ2n) is 15.5. The first-order chi connectivity index (χ1) is 27.5. The number of carboxylic acids is 1. The Labute approximate surface area is 337 Å². The van der Waals surface area contributed by atoms with Crippen molar-refractivity contribution in [2.24, 2.45) is 0 Å². The summed E-state index contributed by atoms with van der Waals surface area (Å²) < 4.78 is 39.5. The van der Waals surface area contributed by atoms with Gasteiger partial charge in [-0.3, -0.25) is 9.59 Å². The molecule has 1 atom stereocenters. The monoisotopic (exact) mass is 806 g/mol. The molecule has 0 bridgehead atoms. The van der Waals surface area contributed by atoms with Gasteiger partial charge in [0.15, 0.2) is 17.3 Å². The third-order valence-corrected chi connectivity index (χ3v) is 10.2. The van der Waals surface area contributed by atoms with Crippen molar-refractivity contribution in [1.82, 2.24) is 24.1 Å². The molecule has 0 saturated carbocycles. The van der Waals surface area contributed by atoms with Gasteiger partial charge in [-0.1, -0.05) is 18.9 Å². The molecule has 16 heteroatoms. The van der Waals surface area contributed by atoms with E-state index in [0.717, 1.165) is 41.6 Å². The van der Waals surface area contributed by atoms with E-state index in [-0.39, 0.29) is 53.0 Å². The quantitative estimate of drug-likeness (QED) is 0.115. The number of hydrogen-bond acceptors (Lipinski definition) is 10. The molecule has 2 aromatic carbocycles. The Morgan fingerprint density at radius 1 is 0.966 bits per heavy atom. The Balaban J connectivity index is 1.40. The molecule has 0 unspecified atom stereocenters. The lowest BCUT2D eigenvalue weighted by Crippen LogP contribution is -2.42. The highest BCUT2D eigenvalue weighted by molar-refractivity contribution is 6.07. The largest absolute Gasteiger partial charge is 0.497 e. The summed E-state index contributed by atoms with van der Waals surface area (Å²) in [5.41, 5.74) is 0.168. The third-order valence-electron chi connectivity index (χ3n) is 10.2. The standard InChI is InChI=1S/C42H55FN6O9/c1-10-46-23-26(2)49-34-33(36(57-9)35(49)39(46)51)38(50)48(25-27-15-17-29(43)21-31(27)40(52)53)44-37(34)45(6)19-13-11-12-14-20-47(41(54)58-42(3,4)5)24-28-16-18-30(55-7)22-32(28)56-8/h15-18,21-22,26H,10-14,19-20,23-25H2,1-9H3,(H,52,53)/t26-/m0/s1. The van der Waals surface area contributed by atoms with Crippen LogP contribution in [-0.4, -0.2) is 107 Å². The van der Waals surface area contributed by atoms with Crippen molar-refractivity contribution in [3.05, 3.63) is 75.0 Å². The van der Waals surface area contributed by atoms with Gasteiger partial charge in [0.25, 0.3) is 11.5 Å². The molecule has 3 heterocycles. The van der Waals surface area contributed by atoms with E-state index in [1.165, 1.54) is 13.2 Å². The van der Waals surface area contributed by atoms with Crippen molar-refractivity contribution in [3.63, 3.8) is 0 Å². The number of benzene rings is 2. The van der Waals surface area contributed by atoms with Gasteiger partial charge < -0.3 is 43.3 Å². The number of methoxy groups -OCH3 is 3. The summed E-state index contributed by atoms with van der Waals surface area (Å²) in [4.78, 5) is 58.8. The number of unbranched alkanes of at least 4 members (excludes halogenated alkanes) is 3. The number of carboxylic acid groups (broad SMARTS) is 1. The van der Waals surface area contributed by atoms with Crippen molar-refractivity contribution in [2.75, 3.05) is 59.5 Å². The average Bonchev–Trinajstić information content (AvgIpc) is 3.54. The van der Waals surface area contributed by atoms with Crippen LogP contribution in [0.1, 0.15) is 98.3 Å². The van der Waals surface area contributed by atoms with Crippen LogP contribution in [0.15, 0.2) is 41.2 Å². The first kappa shape index (κ1) is 43.3. The molecule has 1 aliphatic rings. The highest BCUT2D eigenvalue weighted by Crippen LogP contribution is 2.40. The van der Waals surface area contributed by atoms with Gasteiger partial charge in [0.1, 0.15) is 33.8 Å². The molecule has 5 rings (SSSR count). The van der Waals surface area contributed by atoms with Crippen LogP contribution in [-0.2, 0) is 17.8 Å². The summed E-state index contributed by atoms with van der Waals surface area (Å²) in [6, 6.07) is 8.63. The number of ether oxygens (including phenoxy) is 4.